The van der Waals surface area contributed by atoms with Crippen molar-refractivity contribution in [1.29, 1.82) is 0 Å². The van der Waals surface area contributed by atoms with Crippen molar-refractivity contribution in [3.8, 4) is 5.75 Å². The fourth-order valence-corrected chi connectivity index (χ4v) is 3.83. The highest BCUT2D eigenvalue weighted by atomic mass is 32.1. The number of nitrogens with one attached hydrogen (secondary N) is 2. The van der Waals surface area contributed by atoms with Gasteiger partial charge in [-0.1, -0.05) is 41.2 Å². The highest BCUT2D eigenvalue weighted by molar-refractivity contribution is 7.17. The lowest BCUT2D eigenvalue weighted by molar-refractivity contribution is -0.116. The fourth-order valence-electron chi connectivity index (χ4n) is 2.95. The lowest BCUT2D eigenvalue weighted by atomic mass is 10.0. The zero-order valence-electron chi connectivity index (χ0n) is 17.5. The van der Waals surface area contributed by atoms with Crippen LogP contribution < -0.4 is 15.4 Å². The molecule has 7 nitrogen and oxygen atoms in total. The quantitative estimate of drug-likeness (QED) is 0.501. The summed E-state index contributed by atoms with van der Waals surface area (Å²) >= 11 is 1.09. The number of para-hydroxylation sites is 1. The Morgan fingerprint density at radius 3 is 2.45 bits per heavy atom. The van der Waals surface area contributed by atoms with Crippen LogP contribution in [0.5, 0.6) is 5.75 Å². The predicted octanol–water partition coefficient (Wildman–Crippen LogP) is 4.62. The molecule has 8 heteroatoms. The number of aromatic nitrogens is 1. The number of Topliss-reactive ketones (excluding diaryl/α,β-unsaturated/α-hetero) is 1. The van der Waals surface area contributed by atoms with Crippen molar-refractivity contribution in [3.05, 3.63) is 70.2 Å². The molecule has 0 unspecified atom stereocenters. The standard InChI is InChI=1S/C23H23N3O4S/c1-14-9-11-19(30-3)17(13-14)18(27)10-12-20(28)26-23-24-15(2)21(31-23)22(29)25-16-7-5-4-6-8-16/h4-9,11,13H,10,12H2,1-3H3,(H,25,29)(H,24,26,28). The van der Waals surface area contributed by atoms with Gasteiger partial charge in [0.2, 0.25) is 5.91 Å². The lowest BCUT2D eigenvalue weighted by Gasteiger charge is -2.08. The van der Waals surface area contributed by atoms with Crippen molar-refractivity contribution < 1.29 is 19.1 Å². The van der Waals surface area contributed by atoms with Gasteiger partial charge in [0.1, 0.15) is 10.6 Å². The third-order valence-corrected chi connectivity index (χ3v) is 5.59. The summed E-state index contributed by atoms with van der Waals surface area (Å²) in [4.78, 5) is 42.0. The van der Waals surface area contributed by atoms with Crippen molar-refractivity contribution in [2.24, 2.45) is 0 Å². The number of anilines is 2. The average Bonchev–Trinajstić information content (AvgIpc) is 3.12. The summed E-state index contributed by atoms with van der Waals surface area (Å²) in [6.07, 6.45) is 0.0391. The second-order valence-electron chi connectivity index (χ2n) is 6.93. The molecule has 0 bridgehead atoms. The maximum absolute atomic E-state index is 12.5. The number of ketones is 1. The van der Waals surface area contributed by atoms with Crippen LogP contribution in [0.3, 0.4) is 0 Å². The molecule has 0 saturated carbocycles. The van der Waals surface area contributed by atoms with Crippen LogP contribution in [-0.2, 0) is 4.79 Å². The minimum atomic E-state index is -0.344. The predicted molar refractivity (Wildman–Crippen MR) is 121 cm³/mol. The monoisotopic (exact) mass is 437 g/mol. The lowest BCUT2D eigenvalue weighted by Crippen LogP contribution is -2.13. The first-order valence-corrected chi connectivity index (χ1v) is 10.5. The number of rotatable bonds is 8. The van der Waals surface area contributed by atoms with Gasteiger partial charge < -0.3 is 15.4 Å². The van der Waals surface area contributed by atoms with E-state index in [9.17, 15) is 14.4 Å². The van der Waals surface area contributed by atoms with Gasteiger partial charge in [0, 0.05) is 18.5 Å². The average molecular weight is 438 g/mol. The fraction of sp³-hybridized carbons (Fsp3) is 0.217. The normalized spacial score (nSPS) is 10.4. The summed E-state index contributed by atoms with van der Waals surface area (Å²) < 4.78 is 5.24. The van der Waals surface area contributed by atoms with E-state index < -0.39 is 0 Å². The number of hydrogen-bond acceptors (Lipinski definition) is 6. The zero-order chi connectivity index (χ0) is 22.4. The summed E-state index contributed by atoms with van der Waals surface area (Å²) in [5, 5.41) is 5.80. The van der Waals surface area contributed by atoms with E-state index >= 15 is 0 Å². The molecule has 1 heterocycles. The summed E-state index contributed by atoms with van der Waals surface area (Å²) in [5.74, 6) is -0.318. The molecule has 3 rings (SSSR count). The van der Waals surface area contributed by atoms with Crippen LogP contribution in [0.2, 0.25) is 0 Å². The Hall–Kier alpha value is -3.52. The third kappa shape index (κ3) is 5.76. The largest absolute Gasteiger partial charge is 0.496 e. The highest BCUT2D eigenvalue weighted by Gasteiger charge is 2.18. The first kappa shape index (κ1) is 22.2. The molecule has 2 amide bonds. The zero-order valence-corrected chi connectivity index (χ0v) is 18.3. The van der Waals surface area contributed by atoms with E-state index in [4.69, 9.17) is 4.74 Å². The molecule has 160 valence electrons. The van der Waals surface area contributed by atoms with Crippen LogP contribution in [0, 0.1) is 13.8 Å². The number of hydrogen-bond donors (Lipinski definition) is 2. The molecule has 2 N–H and O–H groups in total. The number of carbonyl (C=O) groups is 3. The van der Waals surface area contributed by atoms with Gasteiger partial charge in [-0.15, -0.1) is 0 Å². The SMILES string of the molecule is COc1ccc(C)cc1C(=O)CCC(=O)Nc1nc(C)c(C(=O)Nc2ccccc2)s1. The van der Waals surface area contributed by atoms with Crippen molar-refractivity contribution in [3.63, 3.8) is 0 Å². The number of aryl methyl sites for hydroxylation is 2. The number of amides is 2. The van der Waals surface area contributed by atoms with Crippen LogP contribution in [0.25, 0.3) is 0 Å². The molecule has 31 heavy (non-hydrogen) atoms. The Labute approximate surface area is 184 Å². The number of thiazole rings is 1. The number of ether oxygens (including phenoxy) is 1. The van der Waals surface area contributed by atoms with Gasteiger partial charge in [0.05, 0.1) is 18.4 Å². The molecule has 0 saturated heterocycles. The summed E-state index contributed by atoms with van der Waals surface area (Å²) in [6.45, 7) is 3.60. The van der Waals surface area contributed by atoms with Gasteiger partial charge >= 0.3 is 0 Å². The van der Waals surface area contributed by atoms with Crippen molar-refractivity contribution in [2.75, 3.05) is 17.7 Å². The Morgan fingerprint density at radius 2 is 1.74 bits per heavy atom. The minimum Gasteiger partial charge on any atom is -0.496 e. The second-order valence-corrected chi connectivity index (χ2v) is 7.93. The molecule has 0 fully saturated rings. The summed E-state index contributed by atoms with van der Waals surface area (Å²) in [6, 6.07) is 14.4. The molecule has 0 aliphatic rings. The second kappa shape index (κ2) is 9.99. The molecule has 0 atom stereocenters. The number of methoxy groups -OCH3 is 1. The van der Waals surface area contributed by atoms with Gasteiger partial charge in [-0.2, -0.15) is 0 Å². The minimum absolute atomic E-state index is 0.000101. The Balaban J connectivity index is 1.59. The number of benzene rings is 2. The molecular weight excluding hydrogens is 414 g/mol. The molecule has 0 aliphatic heterocycles. The Bertz CT molecular complexity index is 1110. The van der Waals surface area contributed by atoms with Gasteiger partial charge in [-0.05, 0) is 38.1 Å². The Kier molecular flexibility index (Phi) is 7.15. The van der Waals surface area contributed by atoms with Crippen LogP contribution in [0.1, 0.15) is 44.1 Å². The van der Waals surface area contributed by atoms with Crippen LogP contribution in [0.4, 0.5) is 10.8 Å². The first-order valence-electron chi connectivity index (χ1n) is 9.69. The van der Waals surface area contributed by atoms with E-state index in [-0.39, 0.29) is 30.4 Å². The Morgan fingerprint density at radius 1 is 1.00 bits per heavy atom. The smallest absolute Gasteiger partial charge is 0.267 e. The van der Waals surface area contributed by atoms with Crippen molar-refractivity contribution >= 4 is 39.8 Å². The van der Waals surface area contributed by atoms with Crippen LogP contribution in [-0.4, -0.2) is 29.7 Å². The molecule has 3 aromatic rings. The van der Waals surface area contributed by atoms with Gasteiger partial charge in [0.25, 0.3) is 5.91 Å². The number of carbonyl (C=O) groups excluding carboxylic acids is 3. The summed E-state index contributed by atoms with van der Waals surface area (Å²) in [5.41, 5.74) is 2.60. The molecule has 0 spiro atoms. The molecular formula is C23H23N3O4S. The van der Waals surface area contributed by atoms with E-state index in [1.165, 1.54) is 7.11 Å². The van der Waals surface area contributed by atoms with Gasteiger partial charge in [-0.3, -0.25) is 14.4 Å². The van der Waals surface area contributed by atoms with E-state index in [2.05, 4.69) is 15.6 Å². The molecule has 1 aromatic heterocycles. The molecule has 0 aliphatic carbocycles. The van der Waals surface area contributed by atoms with E-state index in [1.807, 2.05) is 31.2 Å². The maximum Gasteiger partial charge on any atom is 0.267 e. The van der Waals surface area contributed by atoms with E-state index in [0.29, 0.717) is 32.7 Å². The van der Waals surface area contributed by atoms with E-state index in [0.717, 1.165) is 16.9 Å². The van der Waals surface area contributed by atoms with Gasteiger partial charge in [0.15, 0.2) is 10.9 Å². The van der Waals surface area contributed by atoms with Crippen molar-refractivity contribution in [2.45, 2.75) is 26.7 Å². The van der Waals surface area contributed by atoms with Crippen molar-refractivity contribution in [1.82, 2.24) is 4.98 Å². The van der Waals surface area contributed by atoms with Gasteiger partial charge in [-0.25, -0.2) is 4.98 Å². The molecule has 2 aromatic carbocycles. The molecule has 0 radical (unpaired) electrons. The third-order valence-electron chi connectivity index (χ3n) is 4.52. The maximum atomic E-state index is 12.5. The summed E-state index contributed by atoms with van der Waals surface area (Å²) in [7, 11) is 1.50. The topological polar surface area (TPSA) is 97.4 Å². The van der Waals surface area contributed by atoms with E-state index in [1.54, 1.807) is 31.2 Å². The number of nitrogens with zero attached hydrogens (tertiary/aromatic N) is 1. The van der Waals surface area contributed by atoms with Crippen LogP contribution >= 0.6 is 11.3 Å². The van der Waals surface area contributed by atoms with Crippen LogP contribution in [0.15, 0.2) is 48.5 Å². The highest BCUT2D eigenvalue weighted by Crippen LogP contribution is 2.25. The first-order chi connectivity index (χ1) is 14.9.